The minimum atomic E-state index is -1.52. The fourth-order valence-corrected chi connectivity index (χ4v) is 3.10. The number of fused-ring (bicyclic) bond motifs is 1. The average Bonchev–Trinajstić information content (AvgIpc) is 3.38. The number of rotatable bonds is 6. The molecule has 0 radical (unpaired) electrons. The summed E-state index contributed by atoms with van der Waals surface area (Å²) in [6, 6.07) is 0. The molecule has 0 bridgehead atoms. The van der Waals surface area contributed by atoms with Gasteiger partial charge in [0.1, 0.15) is 23.8 Å². The fraction of sp³-hybridized carbons (Fsp3) is 0.462. The SMILES string of the molecule is Nc1nc(Cl)nc2c1ncn2[C@@H]1O[C@H](CO[C@@H](C(=O)O)c2nnn[nH]2)[C@@H](O)[C@H]1O. The van der Waals surface area contributed by atoms with Crippen LogP contribution in [0.5, 0.6) is 0 Å². The molecule has 0 aromatic carbocycles. The van der Waals surface area contributed by atoms with Gasteiger partial charge in [0.15, 0.2) is 23.5 Å². The van der Waals surface area contributed by atoms with E-state index < -0.39 is 36.6 Å². The van der Waals surface area contributed by atoms with Crippen LogP contribution in [0, 0.1) is 0 Å². The van der Waals surface area contributed by atoms with E-state index in [9.17, 15) is 20.1 Å². The molecule has 1 fully saturated rings. The lowest BCUT2D eigenvalue weighted by atomic mass is 10.1. The van der Waals surface area contributed by atoms with Gasteiger partial charge in [-0.2, -0.15) is 9.97 Å². The van der Waals surface area contributed by atoms with Gasteiger partial charge < -0.3 is 30.5 Å². The molecule has 4 rings (SSSR count). The molecule has 0 amide bonds. The maximum absolute atomic E-state index is 11.4. The first kappa shape index (κ1) is 19.3. The number of hydrogen-bond donors (Lipinski definition) is 5. The number of tetrazole rings is 1. The van der Waals surface area contributed by atoms with Crippen LogP contribution in [0.3, 0.4) is 0 Å². The average molecular weight is 428 g/mol. The molecule has 0 unspecified atom stereocenters. The molecule has 0 saturated carbocycles. The summed E-state index contributed by atoms with van der Waals surface area (Å²) in [5, 5.41) is 42.2. The predicted molar refractivity (Wildman–Crippen MR) is 91.2 cm³/mol. The molecule has 1 saturated heterocycles. The van der Waals surface area contributed by atoms with Gasteiger partial charge >= 0.3 is 5.97 Å². The first-order chi connectivity index (χ1) is 13.9. The Kier molecular flexibility index (Phi) is 4.97. The van der Waals surface area contributed by atoms with Gasteiger partial charge in [-0.25, -0.2) is 14.9 Å². The zero-order valence-electron chi connectivity index (χ0n) is 14.3. The lowest BCUT2D eigenvalue weighted by Gasteiger charge is -2.17. The number of carboxylic acid groups (broad SMARTS) is 1. The number of aromatic nitrogens is 8. The quantitative estimate of drug-likeness (QED) is 0.270. The van der Waals surface area contributed by atoms with Crippen molar-refractivity contribution in [2.24, 2.45) is 0 Å². The van der Waals surface area contributed by atoms with E-state index in [2.05, 4.69) is 35.6 Å². The zero-order chi connectivity index (χ0) is 20.7. The third kappa shape index (κ3) is 3.45. The molecule has 0 spiro atoms. The molecule has 16 heteroatoms. The van der Waals surface area contributed by atoms with Crippen LogP contribution in [0.2, 0.25) is 5.28 Å². The molecule has 0 aliphatic carbocycles. The Morgan fingerprint density at radius 3 is 2.90 bits per heavy atom. The molecule has 4 heterocycles. The minimum absolute atomic E-state index is 0.0386. The van der Waals surface area contributed by atoms with Gasteiger partial charge in [-0.05, 0) is 22.0 Å². The fourth-order valence-electron chi connectivity index (χ4n) is 2.93. The number of halogens is 1. The van der Waals surface area contributed by atoms with Crippen molar-refractivity contribution in [2.45, 2.75) is 30.6 Å². The maximum Gasteiger partial charge on any atom is 0.340 e. The van der Waals surface area contributed by atoms with Gasteiger partial charge in [-0.15, -0.1) is 5.10 Å². The van der Waals surface area contributed by atoms with E-state index in [0.717, 1.165) is 0 Å². The molecule has 15 nitrogen and oxygen atoms in total. The van der Waals surface area contributed by atoms with Crippen molar-refractivity contribution in [3.8, 4) is 0 Å². The van der Waals surface area contributed by atoms with E-state index in [1.807, 2.05) is 0 Å². The smallest absolute Gasteiger partial charge is 0.340 e. The molecular weight excluding hydrogens is 414 g/mol. The highest BCUT2D eigenvalue weighted by Gasteiger charge is 2.45. The number of anilines is 1. The summed E-state index contributed by atoms with van der Waals surface area (Å²) in [5.41, 5.74) is 6.19. The molecule has 5 atom stereocenters. The Morgan fingerprint density at radius 2 is 2.21 bits per heavy atom. The Hall–Kier alpha value is -2.98. The topological polar surface area (TPSA) is 220 Å². The Labute approximate surface area is 165 Å². The molecule has 3 aromatic rings. The number of hydrogen-bond acceptors (Lipinski definition) is 12. The van der Waals surface area contributed by atoms with Crippen LogP contribution in [0.25, 0.3) is 11.2 Å². The van der Waals surface area contributed by atoms with Crippen molar-refractivity contribution in [1.29, 1.82) is 0 Å². The number of nitrogens with two attached hydrogens (primary N) is 1. The number of H-pyrrole nitrogens is 1. The highest BCUT2D eigenvalue weighted by Crippen LogP contribution is 2.33. The van der Waals surface area contributed by atoms with E-state index >= 15 is 0 Å². The van der Waals surface area contributed by atoms with Gasteiger partial charge in [-0.1, -0.05) is 0 Å². The number of imidazole rings is 1. The van der Waals surface area contributed by atoms with E-state index in [0.29, 0.717) is 0 Å². The largest absolute Gasteiger partial charge is 0.479 e. The number of aliphatic hydroxyl groups excluding tert-OH is 2. The third-order valence-corrected chi connectivity index (χ3v) is 4.46. The summed E-state index contributed by atoms with van der Waals surface area (Å²) in [6.45, 7) is -0.378. The van der Waals surface area contributed by atoms with Crippen molar-refractivity contribution < 1.29 is 29.6 Å². The van der Waals surface area contributed by atoms with Gasteiger partial charge in [0.05, 0.1) is 12.9 Å². The number of carbonyl (C=O) groups is 1. The van der Waals surface area contributed by atoms with Crippen molar-refractivity contribution in [2.75, 3.05) is 12.3 Å². The number of aliphatic carboxylic acids is 1. The van der Waals surface area contributed by atoms with Crippen molar-refractivity contribution in [1.82, 2.24) is 40.1 Å². The Bertz CT molecular complexity index is 1030. The van der Waals surface area contributed by atoms with Gasteiger partial charge in [0, 0.05) is 0 Å². The first-order valence-electron chi connectivity index (χ1n) is 8.12. The maximum atomic E-state index is 11.4. The second-order valence-electron chi connectivity index (χ2n) is 6.09. The van der Waals surface area contributed by atoms with Crippen molar-refractivity contribution >= 4 is 34.6 Å². The standard InChI is InChI=1S/C13H14ClN9O6/c14-13-17-8(15)4-10(18-13)23(2-16-4)11-6(25)5(24)3(29-11)1-28-7(12(26)27)9-19-21-22-20-9/h2-3,5-7,11,24-25H,1H2,(H,26,27)(H2,15,17,18)(H,19,20,21,22)/t3-,5-,6-,7-,11-/m1/s1. The number of nitrogens with one attached hydrogen (secondary N) is 1. The molecular formula is C13H14ClN9O6. The third-order valence-electron chi connectivity index (χ3n) is 4.29. The summed E-state index contributed by atoms with van der Waals surface area (Å²) in [5.74, 6) is -1.45. The molecule has 3 aromatic heterocycles. The molecule has 29 heavy (non-hydrogen) atoms. The number of aromatic amines is 1. The molecule has 154 valence electrons. The summed E-state index contributed by atoms with van der Waals surface area (Å²) >= 11 is 5.83. The van der Waals surface area contributed by atoms with Crippen molar-refractivity contribution in [3.63, 3.8) is 0 Å². The first-order valence-corrected chi connectivity index (χ1v) is 8.49. The highest BCUT2D eigenvalue weighted by atomic mass is 35.5. The van der Waals surface area contributed by atoms with Crippen LogP contribution in [0.4, 0.5) is 5.82 Å². The number of nitrogen functional groups attached to an aromatic ring is 1. The highest BCUT2D eigenvalue weighted by molar-refractivity contribution is 6.28. The summed E-state index contributed by atoms with van der Waals surface area (Å²) in [6.07, 6.45) is -5.18. The lowest BCUT2D eigenvalue weighted by molar-refractivity contribution is -0.156. The van der Waals surface area contributed by atoms with E-state index in [1.165, 1.54) is 10.9 Å². The minimum Gasteiger partial charge on any atom is -0.479 e. The molecule has 6 N–H and O–H groups in total. The van der Waals surface area contributed by atoms with E-state index in [1.54, 1.807) is 0 Å². The second kappa shape index (κ2) is 7.45. The molecule has 1 aliphatic rings. The zero-order valence-corrected chi connectivity index (χ0v) is 15.1. The number of ether oxygens (including phenoxy) is 2. The Morgan fingerprint density at radius 1 is 1.41 bits per heavy atom. The van der Waals surface area contributed by atoms with Crippen LogP contribution in [0.15, 0.2) is 6.33 Å². The Balaban J connectivity index is 1.53. The summed E-state index contributed by atoms with van der Waals surface area (Å²) in [7, 11) is 0. The monoisotopic (exact) mass is 427 g/mol. The van der Waals surface area contributed by atoms with Crippen molar-refractivity contribution in [3.05, 3.63) is 17.4 Å². The van der Waals surface area contributed by atoms with E-state index in [4.69, 9.17) is 26.8 Å². The summed E-state index contributed by atoms with van der Waals surface area (Å²) in [4.78, 5) is 23.2. The normalized spacial score (nSPS) is 25.5. The molecule has 1 aliphatic heterocycles. The van der Waals surface area contributed by atoms with Crippen LogP contribution in [-0.2, 0) is 14.3 Å². The lowest BCUT2D eigenvalue weighted by Crippen LogP contribution is -2.34. The van der Waals surface area contributed by atoms with Crippen LogP contribution >= 0.6 is 11.6 Å². The number of aliphatic hydroxyl groups is 2. The van der Waals surface area contributed by atoms with Crippen LogP contribution in [-0.4, -0.2) is 86.4 Å². The number of carboxylic acids is 1. The second-order valence-corrected chi connectivity index (χ2v) is 6.42. The van der Waals surface area contributed by atoms with Crippen LogP contribution < -0.4 is 5.73 Å². The summed E-state index contributed by atoms with van der Waals surface area (Å²) < 4.78 is 12.3. The van der Waals surface area contributed by atoms with Crippen LogP contribution in [0.1, 0.15) is 18.2 Å². The predicted octanol–water partition coefficient (Wildman–Crippen LogP) is -1.96. The van der Waals surface area contributed by atoms with Gasteiger partial charge in [-0.3, -0.25) is 4.57 Å². The number of nitrogens with zero attached hydrogens (tertiary/aromatic N) is 7. The van der Waals surface area contributed by atoms with E-state index in [-0.39, 0.29) is 34.7 Å². The van der Waals surface area contributed by atoms with Gasteiger partial charge in [0.25, 0.3) is 0 Å². The van der Waals surface area contributed by atoms with Gasteiger partial charge in [0.2, 0.25) is 11.4 Å².